The summed E-state index contributed by atoms with van der Waals surface area (Å²) >= 11 is 0. The molecule has 23 heavy (non-hydrogen) atoms. The lowest BCUT2D eigenvalue weighted by molar-refractivity contribution is -0.148. The zero-order chi connectivity index (χ0) is 16.6. The molecule has 1 unspecified atom stereocenters. The van der Waals surface area contributed by atoms with Crippen LogP contribution in [0.15, 0.2) is 30.7 Å². The van der Waals surface area contributed by atoms with Gasteiger partial charge in [0, 0.05) is 30.9 Å². The first kappa shape index (κ1) is 15.5. The molecule has 2 heterocycles. The van der Waals surface area contributed by atoms with Crippen LogP contribution in [0.25, 0.3) is 0 Å². The molecular weight excluding hydrogens is 314 g/mol. The highest BCUT2D eigenvalue weighted by Crippen LogP contribution is 2.33. The second kappa shape index (κ2) is 5.68. The number of hydrogen-bond donors (Lipinski definition) is 1. The highest BCUT2D eigenvalue weighted by molar-refractivity contribution is 5.85. The molecule has 2 aromatic rings. The molecule has 0 saturated carbocycles. The van der Waals surface area contributed by atoms with E-state index in [4.69, 9.17) is 0 Å². The molecule has 0 radical (unpaired) electrons. The average molecular weight is 327 g/mol. The monoisotopic (exact) mass is 327 g/mol. The van der Waals surface area contributed by atoms with Gasteiger partial charge in [-0.05, 0) is 18.6 Å². The van der Waals surface area contributed by atoms with Crippen LogP contribution in [0, 0.1) is 11.6 Å². The number of halogens is 4. The number of nitrogens with zero attached hydrogens (tertiary/aromatic N) is 2. The molecular formula is C15H13F4N3O. The fourth-order valence-corrected chi connectivity index (χ4v) is 2.68. The van der Waals surface area contributed by atoms with E-state index in [-0.39, 0.29) is 0 Å². The molecule has 0 spiro atoms. The number of nitrogens with one attached hydrogen (secondary N) is 1. The Labute approximate surface area is 129 Å². The van der Waals surface area contributed by atoms with Crippen LogP contribution in [-0.2, 0) is 23.7 Å². The van der Waals surface area contributed by atoms with Crippen LogP contribution in [0.4, 0.5) is 17.6 Å². The Morgan fingerprint density at radius 2 is 2.00 bits per heavy atom. The molecule has 0 fully saturated rings. The summed E-state index contributed by atoms with van der Waals surface area (Å²) in [6.07, 6.45) is 3.98. The summed E-state index contributed by atoms with van der Waals surface area (Å²) in [6, 6.07) is 1.81. The third-order valence-corrected chi connectivity index (χ3v) is 3.87. The molecule has 3 rings (SSSR count). The number of benzene rings is 1. The number of carbonyl (C=O) groups is 1. The van der Waals surface area contributed by atoms with Gasteiger partial charge in [0.05, 0.1) is 6.33 Å². The van der Waals surface area contributed by atoms with E-state index in [0.29, 0.717) is 31.5 Å². The summed E-state index contributed by atoms with van der Waals surface area (Å²) in [7, 11) is 0. The van der Waals surface area contributed by atoms with Crippen molar-refractivity contribution >= 4 is 5.91 Å². The maximum Gasteiger partial charge on any atom is 0.355 e. The third kappa shape index (κ3) is 2.80. The minimum Gasteiger partial charge on any atom is -0.347 e. The molecule has 8 heteroatoms. The van der Waals surface area contributed by atoms with Gasteiger partial charge < -0.3 is 9.88 Å². The van der Waals surface area contributed by atoms with Crippen molar-refractivity contribution in [3.63, 3.8) is 0 Å². The van der Waals surface area contributed by atoms with E-state index in [9.17, 15) is 22.4 Å². The SMILES string of the molecule is O=C(NC1CCn2cncc2C1)C(F)(F)c1c(F)cccc1F. The predicted octanol–water partition coefficient (Wildman–Crippen LogP) is 2.38. The van der Waals surface area contributed by atoms with Crippen molar-refractivity contribution in [3.8, 4) is 0 Å². The first-order chi connectivity index (χ1) is 10.9. The summed E-state index contributed by atoms with van der Waals surface area (Å²) in [4.78, 5) is 15.8. The molecule has 1 aliphatic heterocycles. The van der Waals surface area contributed by atoms with Gasteiger partial charge in [0.2, 0.25) is 0 Å². The van der Waals surface area contributed by atoms with E-state index in [1.807, 2.05) is 4.57 Å². The Hall–Kier alpha value is -2.38. The van der Waals surface area contributed by atoms with Gasteiger partial charge in [-0.1, -0.05) is 6.07 Å². The van der Waals surface area contributed by atoms with Gasteiger partial charge in [-0.2, -0.15) is 8.78 Å². The van der Waals surface area contributed by atoms with Crippen molar-refractivity contribution in [1.82, 2.24) is 14.9 Å². The zero-order valence-electron chi connectivity index (χ0n) is 11.9. The zero-order valence-corrected chi connectivity index (χ0v) is 11.9. The van der Waals surface area contributed by atoms with Gasteiger partial charge >= 0.3 is 5.92 Å². The van der Waals surface area contributed by atoms with Crippen LogP contribution in [0.3, 0.4) is 0 Å². The number of aromatic nitrogens is 2. The lowest BCUT2D eigenvalue weighted by Gasteiger charge is -2.27. The number of carbonyl (C=O) groups excluding carboxylic acids is 1. The lowest BCUT2D eigenvalue weighted by Crippen LogP contribution is -2.47. The number of rotatable bonds is 3. The Morgan fingerprint density at radius 1 is 1.30 bits per heavy atom. The highest BCUT2D eigenvalue weighted by atomic mass is 19.3. The van der Waals surface area contributed by atoms with Crippen molar-refractivity contribution in [2.45, 2.75) is 31.4 Å². The molecule has 122 valence electrons. The lowest BCUT2D eigenvalue weighted by atomic mass is 10.0. The van der Waals surface area contributed by atoms with E-state index in [1.54, 1.807) is 12.5 Å². The van der Waals surface area contributed by atoms with Gasteiger partial charge in [0.25, 0.3) is 5.91 Å². The van der Waals surface area contributed by atoms with E-state index in [1.165, 1.54) is 0 Å². The smallest absolute Gasteiger partial charge is 0.347 e. The molecule has 1 aromatic heterocycles. The van der Waals surface area contributed by atoms with Crippen LogP contribution in [-0.4, -0.2) is 21.5 Å². The highest BCUT2D eigenvalue weighted by Gasteiger charge is 2.46. The fourth-order valence-electron chi connectivity index (χ4n) is 2.68. The van der Waals surface area contributed by atoms with E-state index in [0.717, 1.165) is 11.8 Å². The molecule has 4 nitrogen and oxygen atoms in total. The van der Waals surface area contributed by atoms with Crippen molar-refractivity contribution in [3.05, 3.63) is 53.6 Å². The Morgan fingerprint density at radius 3 is 2.70 bits per heavy atom. The summed E-state index contributed by atoms with van der Waals surface area (Å²) < 4.78 is 57.2. The number of fused-ring (bicyclic) bond motifs is 1. The topological polar surface area (TPSA) is 46.9 Å². The van der Waals surface area contributed by atoms with E-state index < -0.39 is 35.1 Å². The maximum atomic E-state index is 14.2. The van der Waals surface area contributed by atoms with Crippen LogP contribution in [0.1, 0.15) is 17.7 Å². The summed E-state index contributed by atoms with van der Waals surface area (Å²) in [5, 5.41) is 2.18. The molecule has 0 saturated heterocycles. The van der Waals surface area contributed by atoms with Gasteiger partial charge in [0.15, 0.2) is 0 Å². The third-order valence-electron chi connectivity index (χ3n) is 3.87. The molecule has 1 amide bonds. The number of alkyl halides is 2. The van der Waals surface area contributed by atoms with Gasteiger partial charge in [-0.25, -0.2) is 13.8 Å². The first-order valence-corrected chi connectivity index (χ1v) is 7.02. The Bertz CT molecular complexity index is 724. The summed E-state index contributed by atoms with van der Waals surface area (Å²) in [5.74, 6) is -8.90. The van der Waals surface area contributed by atoms with Crippen molar-refractivity contribution in [2.24, 2.45) is 0 Å². The second-order valence-corrected chi connectivity index (χ2v) is 5.41. The largest absolute Gasteiger partial charge is 0.355 e. The number of imidazole rings is 1. The first-order valence-electron chi connectivity index (χ1n) is 7.02. The minimum absolute atomic E-state index is 0.335. The summed E-state index contributed by atoms with van der Waals surface area (Å²) in [5.41, 5.74) is -0.722. The minimum atomic E-state index is -4.28. The molecule has 1 N–H and O–H groups in total. The second-order valence-electron chi connectivity index (χ2n) is 5.41. The molecule has 0 bridgehead atoms. The Balaban J connectivity index is 1.78. The number of aryl methyl sites for hydroxylation is 1. The fraction of sp³-hybridized carbons (Fsp3) is 0.333. The molecule has 1 aromatic carbocycles. The standard InChI is InChI=1S/C15H13F4N3O/c16-11-2-1-3-12(17)13(11)15(18,19)14(23)21-9-4-5-22-8-20-7-10(22)6-9/h1-3,7-9H,4-6H2,(H,21,23). The van der Waals surface area contributed by atoms with Crippen LogP contribution in [0.2, 0.25) is 0 Å². The van der Waals surface area contributed by atoms with Gasteiger partial charge in [0.1, 0.15) is 17.2 Å². The normalized spacial score (nSPS) is 17.7. The predicted molar refractivity (Wildman–Crippen MR) is 72.7 cm³/mol. The van der Waals surface area contributed by atoms with E-state index >= 15 is 0 Å². The Kier molecular flexibility index (Phi) is 3.83. The quantitative estimate of drug-likeness (QED) is 0.880. The summed E-state index contributed by atoms with van der Waals surface area (Å²) in [6.45, 7) is 0.528. The number of amides is 1. The van der Waals surface area contributed by atoms with Gasteiger partial charge in [-0.3, -0.25) is 4.79 Å². The average Bonchev–Trinajstić information content (AvgIpc) is 2.94. The van der Waals surface area contributed by atoms with Crippen molar-refractivity contribution in [1.29, 1.82) is 0 Å². The maximum absolute atomic E-state index is 14.2. The number of hydrogen-bond acceptors (Lipinski definition) is 2. The molecule has 1 atom stereocenters. The van der Waals surface area contributed by atoms with Crippen LogP contribution < -0.4 is 5.32 Å². The van der Waals surface area contributed by atoms with E-state index in [2.05, 4.69) is 10.3 Å². The van der Waals surface area contributed by atoms with Crippen LogP contribution in [0.5, 0.6) is 0 Å². The molecule has 1 aliphatic rings. The van der Waals surface area contributed by atoms with Crippen LogP contribution >= 0.6 is 0 Å². The van der Waals surface area contributed by atoms with Crippen molar-refractivity contribution < 1.29 is 22.4 Å². The van der Waals surface area contributed by atoms with Crippen molar-refractivity contribution in [2.75, 3.05) is 0 Å². The van der Waals surface area contributed by atoms with Gasteiger partial charge in [-0.15, -0.1) is 0 Å². The molecule has 0 aliphatic carbocycles.